The summed E-state index contributed by atoms with van der Waals surface area (Å²) in [5.74, 6) is 0. The minimum Gasteiger partial charge on any atom is -0.366 e. The van der Waals surface area contributed by atoms with Gasteiger partial charge in [0.25, 0.3) is 0 Å². The van der Waals surface area contributed by atoms with E-state index in [0.29, 0.717) is 5.56 Å². The van der Waals surface area contributed by atoms with E-state index in [0.717, 1.165) is 16.8 Å². The van der Waals surface area contributed by atoms with E-state index in [1.807, 2.05) is 37.3 Å². The van der Waals surface area contributed by atoms with Crippen molar-refractivity contribution in [3.8, 4) is 12.1 Å². The number of nitriles is 2. The predicted octanol–water partition coefficient (Wildman–Crippen LogP) is 3.54. The maximum Gasteiger partial charge on any atom is 0.140 e. The first-order chi connectivity index (χ1) is 9.22. The van der Waals surface area contributed by atoms with Crippen LogP contribution in [0.3, 0.4) is 0 Å². The van der Waals surface area contributed by atoms with Gasteiger partial charge in [-0.1, -0.05) is 24.3 Å². The summed E-state index contributed by atoms with van der Waals surface area (Å²) in [6, 6.07) is 18.8. The van der Waals surface area contributed by atoms with Gasteiger partial charge in [-0.05, 0) is 42.3 Å². The monoisotopic (exact) mass is 247 g/mol. The Bertz CT molecular complexity index is 662. The standard InChI is InChI=1S/C16H13N3/c1-12-4-2-7-15(8-12)19-16(11-18)14-6-3-5-13(9-14)10-17/h2-9,16,19H,1H3. The molecule has 0 bridgehead atoms. The fraction of sp³-hybridized carbons (Fsp3) is 0.125. The maximum absolute atomic E-state index is 9.28. The van der Waals surface area contributed by atoms with Crippen LogP contribution in [0.25, 0.3) is 0 Å². The van der Waals surface area contributed by atoms with Gasteiger partial charge in [-0.15, -0.1) is 0 Å². The van der Waals surface area contributed by atoms with Crippen LogP contribution in [0.5, 0.6) is 0 Å². The Kier molecular flexibility index (Phi) is 3.81. The smallest absolute Gasteiger partial charge is 0.140 e. The van der Waals surface area contributed by atoms with E-state index in [1.54, 1.807) is 18.2 Å². The minimum absolute atomic E-state index is 0.463. The first kappa shape index (κ1) is 12.7. The molecule has 1 atom stereocenters. The lowest BCUT2D eigenvalue weighted by Gasteiger charge is -2.14. The van der Waals surface area contributed by atoms with Crippen LogP contribution >= 0.6 is 0 Å². The van der Waals surface area contributed by atoms with Crippen LogP contribution in [-0.2, 0) is 0 Å². The largest absolute Gasteiger partial charge is 0.366 e. The molecule has 0 spiro atoms. The number of rotatable bonds is 3. The molecule has 0 radical (unpaired) electrons. The highest BCUT2D eigenvalue weighted by Crippen LogP contribution is 2.20. The van der Waals surface area contributed by atoms with Gasteiger partial charge in [0.2, 0.25) is 0 Å². The van der Waals surface area contributed by atoms with Crippen LogP contribution in [0, 0.1) is 29.6 Å². The molecule has 0 saturated heterocycles. The fourth-order valence-electron chi connectivity index (χ4n) is 1.88. The van der Waals surface area contributed by atoms with Crippen LogP contribution in [0.4, 0.5) is 5.69 Å². The van der Waals surface area contributed by atoms with Gasteiger partial charge in [-0.3, -0.25) is 0 Å². The van der Waals surface area contributed by atoms with Crippen molar-refractivity contribution in [1.82, 2.24) is 0 Å². The predicted molar refractivity (Wildman–Crippen MR) is 74.3 cm³/mol. The van der Waals surface area contributed by atoms with Crippen molar-refractivity contribution in [1.29, 1.82) is 10.5 Å². The van der Waals surface area contributed by atoms with E-state index in [4.69, 9.17) is 5.26 Å². The highest BCUT2D eigenvalue weighted by atomic mass is 14.9. The summed E-state index contributed by atoms with van der Waals surface area (Å²) in [4.78, 5) is 0. The first-order valence-electron chi connectivity index (χ1n) is 5.96. The molecule has 3 nitrogen and oxygen atoms in total. The molecule has 0 aliphatic heterocycles. The molecule has 1 unspecified atom stereocenters. The van der Waals surface area contributed by atoms with Crippen molar-refractivity contribution in [2.24, 2.45) is 0 Å². The Hall–Kier alpha value is -2.78. The van der Waals surface area contributed by atoms with Crippen LogP contribution in [-0.4, -0.2) is 0 Å². The van der Waals surface area contributed by atoms with E-state index >= 15 is 0 Å². The number of aryl methyl sites for hydroxylation is 1. The van der Waals surface area contributed by atoms with E-state index in [1.165, 1.54) is 0 Å². The summed E-state index contributed by atoms with van der Waals surface area (Å²) in [6.07, 6.45) is 0. The van der Waals surface area contributed by atoms with Gasteiger partial charge in [-0.25, -0.2) is 0 Å². The molecule has 0 aromatic heterocycles. The van der Waals surface area contributed by atoms with Gasteiger partial charge < -0.3 is 5.32 Å². The second-order valence-corrected chi connectivity index (χ2v) is 4.31. The third-order valence-electron chi connectivity index (χ3n) is 2.81. The molecule has 0 saturated carbocycles. The zero-order valence-corrected chi connectivity index (χ0v) is 10.6. The molecular formula is C16H13N3. The molecule has 0 aliphatic rings. The average molecular weight is 247 g/mol. The summed E-state index contributed by atoms with van der Waals surface area (Å²) in [7, 11) is 0. The zero-order chi connectivity index (χ0) is 13.7. The third-order valence-corrected chi connectivity index (χ3v) is 2.81. The lowest BCUT2D eigenvalue weighted by Crippen LogP contribution is -2.08. The molecule has 1 N–H and O–H groups in total. The number of anilines is 1. The molecular weight excluding hydrogens is 234 g/mol. The topological polar surface area (TPSA) is 59.6 Å². The number of benzene rings is 2. The summed E-state index contributed by atoms with van der Waals surface area (Å²) in [6.45, 7) is 2.00. The lowest BCUT2D eigenvalue weighted by atomic mass is 10.0. The Labute approximate surface area is 112 Å². The van der Waals surface area contributed by atoms with Crippen LogP contribution in [0.2, 0.25) is 0 Å². The second kappa shape index (κ2) is 5.71. The van der Waals surface area contributed by atoms with E-state index < -0.39 is 6.04 Å². The average Bonchev–Trinajstić information content (AvgIpc) is 2.45. The molecule has 0 aliphatic carbocycles. The highest BCUT2D eigenvalue weighted by Gasteiger charge is 2.10. The Morgan fingerprint density at radius 1 is 1.05 bits per heavy atom. The van der Waals surface area contributed by atoms with Gasteiger partial charge in [0.15, 0.2) is 0 Å². The van der Waals surface area contributed by atoms with Crippen LogP contribution in [0.1, 0.15) is 22.7 Å². The third kappa shape index (κ3) is 3.12. The second-order valence-electron chi connectivity index (χ2n) is 4.31. The summed E-state index contributed by atoms with van der Waals surface area (Å²) in [5, 5.41) is 21.3. The number of nitrogens with one attached hydrogen (secondary N) is 1. The normalized spacial score (nSPS) is 11.1. The Morgan fingerprint density at radius 2 is 1.84 bits per heavy atom. The van der Waals surface area contributed by atoms with Crippen molar-refractivity contribution < 1.29 is 0 Å². The van der Waals surface area contributed by atoms with E-state index in [-0.39, 0.29) is 0 Å². The van der Waals surface area contributed by atoms with Crippen molar-refractivity contribution in [2.75, 3.05) is 5.32 Å². The molecule has 19 heavy (non-hydrogen) atoms. The van der Waals surface area contributed by atoms with Gasteiger partial charge in [-0.2, -0.15) is 10.5 Å². The van der Waals surface area contributed by atoms with E-state index in [9.17, 15) is 5.26 Å². The summed E-state index contributed by atoms with van der Waals surface area (Å²) >= 11 is 0. The van der Waals surface area contributed by atoms with E-state index in [2.05, 4.69) is 17.5 Å². The fourth-order valence-corrected chi connectivity index (χ4v) is 1.88. The van der Waals surface area contributed by atoms with Crippen molar-refractivity contribution in [3.63, 3.8) is 0 Å². The summed E-state index contributed by atoms with van der Waals surface area (Å²) < 4.78 is 0. The van der Waals surface area contributed by atoms with Gasteiger partial charge >= 0.3 is 0 Å². The molecule has 2 rings (SSSR count). The quantitative estimate of drug-likeness (QED) is 0.902. The lowest BCUT2D eigenvalue weighted by molar-refractivity contribution is 0.996. The van der Waals surface area contributed by atoms with Crippen molar-refractivity contribution >= 4 is 5.69 Å². The van der Waals surface area contributed by atoms with Crippen LogP contribution in [0.15, 0.2) is 48.5 Å². The minimum atomic E-state index is -0.463. The first-order valence-corrected chi connectivity index (χ1v) is 5.96. The van der Waals surface area contributed by atoms with Gasteiger partial charge in [0, 0.05) is 5.69 Å². The molecule has 0 fully saturated rings. The van der Waals surface area contributed by atoms with Crippen molar-refractivity contribution in [3.05, 3.63) is 65.2 Å². The van der Waals surface area contributed by atoms with Gasteiger partial charge in [0.1, 0.15) is 6.04 Å². The Morgan fingerprint density at radius 3 is 2.53 bits per heavy atom. The SMILES string of the molecule is Cc1cccc(NC(C#N)c2cccc(C#N)c2)c1. The molecule has 2 aromatic carbocycles. The molecule has 3 heteroatoms. The maximum atomic E-state index is 9.28. The summed E-state index contributed by atoms with van der Waals surface area (Å²) in [5.41, 5.74) is 3.38. The number of nitrogens with zero attached hydrogens (tertiary/aromatic N) is 2. The number of hydrogen-bond donors (Lipinski definition) is 1. The zero-order valence-electron chi connectivity index (χ0n) is 10.6. The highest BCUT2D eigenvalue weighted by molar-refractivity contribution is 5.50. The molecule has 0 amide bonds. The molecule has 0 heterocycles. The Balaban J connectivity index is 2.26. The van der Waals surface area contributed by atoms with Gasteiger partial charge in [0.05, 0.1) is 17.7 Å². The molecule has 92 valence electrons. The number of hydrogen-bond acceptors (Lipinski definition) is 3. The molecule has 2 aromatic rings. The van der Waals surface area contributed by atoms with Crippen molar-refractivity contribution in [2.45, 2.75) is 13.0 Å². The van der Waals surface area contributed by atoms with Crippen LogP contribution < -0.4 is 5.32 Å².